The number of benzene rings is 2. The van der Waals surface area contributed by atoms with E-state index in [9.17, 15) is 9.59 Å². The Balaban J connectivity index is 1.62. The molecule has 112 valence electrons. The van der Waals surface area contributed by atoms with E-state index >= 15 is 0 Å². The number of rotatable bonds is 4. The second kappa shape index (κ2) is 6.07. The number of anilines is 1. The number of aromatic amines is 1. The number of ether oxygens (including phenoxy) is 1. The average molecular weight is 363 g/mol. The molecule has 0 atom stereocenters. The Morgan fingerprint density at radius 1 is 1.23 bits per heavy atom. The van der Waals surface area contributed by atoms with Crippen LogP contribution in [0.3, 0.4) is 0 Å². The summed E-state index contributed by atoms with van der Waals surface area (Å²) in [7, 11) is 0. The summed E-state index contributed by atoms with van der Waals surface area (Å²) in [6.07, 6.45) is 0. The van der Waals surface area contributed by atoms with Gasteiger partial charge in [-0.25, -0.2) is 4.79 Å². The molecule has 3 rings (SSSR count). The van der Waals surface area contributed by atoms with Gasteiger partial charge in [-0.1, -0.05) is 15.9 Å². The number of carbonyl (C=O) groups excluding carboxylic acids is 1. The molecule has 7 heteroatoms. The van der Waals surface area contributed by atoms with Crippen LogP contribution in [0, 0.1) is 0 Å². The quantitative estimate of drug-likeness (QED) is 0.747. The fourth-order valence-corrected chi connectivity index (χ4v) is 2.17. The third-order valence-electron chi connectivity index (χ3n) is 2.89. The molecule has 0 bridgehead atoms. The number of hydrogen-bond donors (Lipinski definition) is 2. The highest BCUT2D eigenvalue weighted by molar-refractivity contribution is 9.10. The van der Waals surface area contributed by atoms with Crippen LogP contribution >= 0.6 is 15.9 Å². The van der Waals surface area contributed by atoms with Crippen LogP contribution < -0.4 is 15.8 Å². The van der Waals surface area contributed by atoms with Gasteiger partial charge in [0.25, 0.3) is 5.91 Å². The fraction of sp³-hybridized carbons (Fsp3) is 0.0667. The monoisotopic (exact) mass is 362 g/mol. The summed E-state index contributed by atoms with van der Waals surface area (Å²) in [5.74, 6) is -0.224. The molecule has 2 aromatic carbocycles. The minimum absolute atomic E-state index is 0.110. The molecule has 0 fully saturated rings. The Kier molecular flexibility index (Phi) is 3.97. The molecule has 3 aromatic rings. The molecule has 2 N–H and O–H groups in total. The lowest BCUT2D eigenvalue weighted by molar-refractivity contribution is -0.118. The van der Waals surface area contributed by atoms with Crippen molar-refractivity contribution in [1.29, 1.82) is 0 Å². The number of amides is 1. The Morgan fingerprint density at radius 2 is 2.00 bits per heavy atom. The summed E-state index contributed by atoms with van der Waals surface area (Å²) < 4.78 is 11.2. The number of oxazole rings is 1. The lowest BCUT2D eigenvalue weighted by Crippen LogP contribution is -2.20. The van der Waals surface area contributed by atoms with Crippen LogP contribution in [0.25, 0.3) is 11.1 Å². The molecule has 0 radical (unpaired) electrons. The zero-order valence-electron chi connectivity index (χ0n) is 11.3. The van der Waals surface area contributed by atoms with Crippen molar-refractivity contribution in [2.75, 3.05) is 11.9 Å². The number of fused-ring (bicyclic) bond motifs is 1. The molecule has 0 aliphatic carbocycles. The number of nitrogens with one attached hydrogen (secondary N) is 2. The predicted octanol–water partition coefficient (Wildman–Crippen LogP) is 2.90. The molecule has 0 aliphatic heterocycles. The summed E-state index contributed by atoms with van der Waals surface area (Å²) in [6, 6.07) is 12.1. The maximum atomic E-state index is 11.9. The van der Waals surface area contributed by atoms with Crippen LogP contribution in [0.15, 0.2) is 56.1 Å². The zero-order chi connectivity index (χ0) is 15.5. The SMILES string of the molecule is O=C(COc1ccc(Br)cc1)Nc1ccc2oc(=O)[nH]c2c1. The van der Waals surface area contributed by atoms with E-state index in [1.165, 1.54) is 0 Å². The highest BCUT2D eigenvalue weighted by Crippen LogP contribution is 2.17. The van der Waals surface area contributed by atoms with E-state index in [0.717, 1.165) is 4.47 Å². The summed E-state index contributed by atoms with van der Waals surface area (Å²) in [5.41, 5.74) is 1.51. The third kappa shape index (κ3) is 3.37. The van der Waals surface area contributed by atoms with Crippen molar-refractivity contribution in [2.24, 2.45) is 0 Å². The van der Waals surface area contributed by atoms with Gasteiger partial charge in [0.15, 0.2) is 12.2 Å². The summed E-state index contributed by atoms with van der Waals surface area (Å²) >= 11 is 3.32. The second-order valence-electron chi connectivity index (χ2n) is 4.52. The maximum Gasteiger partial charge on any atom is 0.417 e. The van der Waals surface area contributed by atoms with E-state index in [1.54, 1.807) is 30.3 Å². The van der Waals surface area contributed by atoms with Gasteiger partial charge in [0.1, 0.15) is 5.75 Å². The van der Waals surface area contributed by atoms with Crippen molar-refractivity contribution in [3.63, 3.8) is 0 Å². The normalized spacial score (nSPS) is 10.6. The third-order valence-corrected chi connectivity index (χ3v) is 3.41. The van der Waals surface area contributed by atoms with Crippen LogP contribution in [0.2, 0.25) is 0 Å². The fourth-order valence-electron chi connectivity index (χ4n) is 1.91. The van der Waals surface area contributed by atoms with Crippen LogP contribution in [0.1, 0.15) is 0 Å². The van der Waals surface area contributed by atoms with E-state index < -0.39 is 5.76 Å². The molecular weight excluding hydrogens is 352 g/mol. The molecule has 0 saturated carbocycles. The van der Waals surface area contributed by atoms with E-state index in [1.807, 2.05) is 12.1 Å². The number of hydrogen-bond acceptors (Lipinski definition) is 4. The van der Waals surface area contributed by atoms with Crippen molar-refractivity contribution in [2.45, 2.75) is 0 Å². The molecule has 0 saturated heterocycles. The minimum Gasteiger partial charge on any atom is -0.484 e. The predicted molar refractivity (Wildman–Crippen MR) is 85.1 cm³/mol. The highest BCUT2D eigenvalue weighted by atomic mass is 79.9. The standard InChI is InChI=1S/C15H11BrN2O4/c16-9-1-4-11(5-2-9)21-8-14(19)17-10-3-6-13-12(7-10)18-15(20)22-13/h1-7H,8H2,(H,17,19)(H,18,20). The Hall–Kier alpha value is -2.54. The Morgan fingerprint density at radius 3 is 2.77 bits per heavy atom. The van der Waals surface area contributed by atoms with Gasteiger partial charge >= 0.3 is 5.76 Å². The molecule has 0 unspecified atom stereocenters. The first-order valence-corrected chi connectivity index (χ1v) is 7.20. The van der Waals surface area contributed by atoms with Gasteiger partial charge < -0.3 is 14.5 Å². The smallest absolute Gasteiger partial charge is 0.417 e. The maximum absolute atomic E-state index is 11.9. The molecule has 1 heterocycles. The van der Waals surface area contributed by atoms with Crippen molar-refractivity contribution in [1.82, 2.24) is 4.98 Å². The van der Waals surface area contributed by atoms with Crippen molar-refractivity contribution >= 4 is 38.6 Å². The van der Waals surface area contributed by atoms with Gasteiger partial charge in [0.2, 0.25) is 0 Å². The molecule has 1 aromatic heterocycles. The minimum atomic E-state index is -0.531. The molecular formula is C15H11BrN2O4. The van der Waals surface area contributed by atoms with Crippen molar-refractivity contribution < 1.29 is 13.9 Å². The summed E-state index contributed by atoms with van der Waals surface area (Å²) in [5, 5.41) is 2.69. The molecule has 0 aliphatic rings. The van der Waals surface area contributed by atoms with Crippen LogP contribution in [-0.2, 0) is 4.79 Å². The Bertz CT molecular complexity index is 867. The van der Waals surface area contributed by atoms with Gasteiger partial charge in [0, 0.05) is 10.2 Å². The van der Waals surface area contributed by atoms with Crippen LogP contribution in [-0.4, -0.2) is 17.5 Å². The van der Waals surface area contributed by atoms with Gasteiger partial charge in [-0.05, 0) is 42.5 Å². The lowest BCUT2D eigenvalue weighted by atomic mass is 10.3. The van der Waals surface area contributed by atoms with Gasteiger partial charge in [0.05, 0.1) is 5.52 Å². The van der Waals surface area contributed by atoms with Gasteiger partial charge in [-0.15, -0.1) is 0 Å². The lowest BCUT2D eigenvalue weighted by Gasteiger charge is -2.07. The molecule has 22 heavy (non-hydrogen) atoms. The molecule has 1 amide bonds. The largest absolute Gasteiger partial charge is 0.484 e. The number of halogens is 1. The first kappa shape index (κ1) is 14.4. The number of aromatic nitrogens is 1. The topological polar surface area (TPSA) is 84.3 Å². The van der Waals surface area contributed by atoms with E-state index in [0.29, 0.717) is 22.5 Å². The molecule has 6 nitrogen and oxygen atoms in total. The van der Waals surface area contributed by atoms with Gasteiger partial charge in [-0.3, -0.25) is 9.78 Å². The number of carbonyl (C=O) groups is 1. The number of H-pyrrole nitrogens is 1. The second-order valence-corrected chi connectivity index (χ2v) is 5.43. The highest BCUT2D eigenvalue weighted by Gasteiger charge is 2.06. The van der Waals surface area contributed by atoms with Crippen molar-refractivity contribution in [3.8, 4) is 5.75 Å². The zero-order valence-corrected chi connectivity index (χ0v) is 12.8. The average Bonchev–Trinajstić information content (AvgIpc) is 2.86. The van der Waals surface area contributed by atoms with Crippen molar-refractivity contribution in [3.05, 3.63) is 57.5 Å². The van der Waals surface area contributed by atoms with E-state index in [-0.39, 0.29) is 12.5 Å². The summed E-state index contributed by atoms with van der Waals surface area (Å²) in [6.45, 7) is -0.110. The molecule has 0 spiro atoms. The van der Waals surface area contributed by atoms with Crippen LogP contribution in [0.4, 0.5) is 5.69 Å². The van der Waals surface area contributed by atoms with Gasteiger partial charge in [-0.2, -0.15) is 0 Å². The first-order valence-electron chi connectivity index (χ1n) is 6.41. The summed E-state index contributed by atoms with van der Waals surface area (Å²) in [4.78, 5) is 25.5. The van der Waals surface area contributed by atoms with E-state index in [4.69, 9.17) is 9.15 Å². The van der Waals surface area contributed by atoms with E-state index in [2.05, 4.69) is 26.2 Å². The van der Waals surface area contributed by atoms with Crippen LogP contribution in [0.5, 0.6) is 5.75 Å². The first-order chi connectivity index (χ1) is 10.6. The Labute approximate surface area is 133 Å².